The van der Waals surface area contributed by atoms with Crippen molar-refractivity contribution in [2.24, 2.45) is 0 Å². The molecule has 0 aromatic heterocycles. The number of hydrogen-bond donors (Lipinski definition) is 1. The summed E-state index contributed by atoms with van der Waals surface area (Å²) in [6.45, 7) is 3.51. The molecular formula is C15H12Br2FNO4S. The first-order chi connectivity index (χ1) is 11.1. The Bertz CT molecular complexity index is 908. The van der Waals surface area contributed by atoms with Crippen molar-refractivity contribution in [3.05, 3.63) is 45.1 Å². The van der Waals surface area contributed by atoms with Crippen LogP contribution in [0.4, 0.5) is 10.1 Å². The van der Waals surface area contributed by atoms with Crippen LogP contribution < -0.4 is 14.2 Å². The zero-order valence-electron chi connectivity index (χ0n) is 12.6. The normalized spacial score (nSPS) is 15.4. The van der Waals surface area contributed by atoms with Crippen LogP contribution in [0.2, 0.25) is 0 Å². The Hall–Kier alpha value is -1.32. The van der Waals surface area contributed by atoms with Crippen LogP contribution in [0.15, 0.2) is 44.2 Å². The second-order valence-corrected chi connectivity index (χ2v) is 8.90. The molecule has 0 spiro atoms. The molecule has 0 atom stereocenters. The van der Waals surface area contributed by atoms with E-state index in [0.717, 1.165) is 12.1 Å². The molecule has 128 valence electrons. The Morgan fingerprint density at radius 2 is 1.62 bits per heavy atom. The Morgan fingerprint density at radius 1 is 1.04 bits per heavy atom. The van der Waals surface area contributed by atoms with Gasteiger partial charge in [-0.1, -0.05) is 0 Å². The van der Waals surface area contributed by atoms with E-state index in [1.54, 1.807) is 26.0 Å². The summed E-state index contributed by atoms with van der Waals surface area (Å²) in [5.74, 6) is -0.384. The lowest BCUT2D eigenvalue weighted by molar-refractivity contribution is -0.0431. The van der Waals surface area contributed by atoms with Gasteiger partial charge in [-0.3, -0.25) is 4.72 Å². The third kappa shape index (κ3) is 3.38. The first-order valence-electron chi connectivity index (χ1n) is 6.77. The average Bonchev–Trinajstić information content (AvgIpc) is 2.69. The van der Waals surface area contributed by atoms with Gasteiger partial charge in [0.05, 0.1) is 5.69 Å². The summed E-state index contributed by atoms with van der Waals surface area (Å²) in [5.41, 5.74) is 0.304. The monoisotopic (exact) mass is 479 g/mol. The van der Waals surface area contributed by atoms with Crippen molar-refractivity contribution in [1.29, 1.82) is 0 Å². The molecule has 3 rings (SSSR count). The predicted molar refractivity (Wildman–Crippen MR) is 94.4 cm³/mol. The third-order valence-corrected chi connectivity index (χ3v) is 6.40. The number of rotatable bonds is 3. The third-order valence-electron chi connectivity index (χ3n) is 3.14. The van der Waals surface area contributed by atoms with Gasteiger partial charge in [0.2, 0.25) is 5.79 Å². The molecule has 0 bridgehead atoms. The maximum atomic E-state index is 13.3. The molecule has 1 aliphatic rings. The largest absolute Gasteiger partial charge is 0.449 e. The summed E-state index contributed by atoms with van der Waals surface area (Å²) >= 11 is 6.16. The number of nitrogens with one attached hydrogen (secondary N) is 1. The Balaban J connectivity index is 1.95. The number of halogens is 3. The molecule has 0 saturated heterocycles. The van der Waals surface area contributed by atoms with Gasteiger partial charge in [0, 0.05) is 28.9 Å². The molecule has 9 heteroatoms. The van der Waals surface area contributed by atoms with E-state index in [-0.39, 0.29) is 13.8 Å². The molecule has 0 fully saturated rings. The number of benzene rings is 2. The van der Waals surface area contributed by atoms with Crippen LogP contribution in [-0.2, 0) is 10.0 Å². The highest BCUT2D eigenvalue weighted by molar-refractivity contribution is 9.11. The van der Waals surface area contributed by atoms with Crippen molar-refractivity contribution in [3.8, 4) is 11.5 Å². The fraction of sp³-hybridized carbons (Fsp3) is 0.200. The Kier molecular flexibility index (Phi) is 4.29. The van der Waals surface area contributed by atoms with Crippen molar-refractivity contribution in [2.45, 2.75) is 24.5 Å². The summed E-state index contributed by atoms with van der Waals surface area (Å²) in [4.78, 5) is -0.0955. The van der Waals surface area contributed by atoms with E-state index in [4.69, 9.17) is 9.47 Å². The highest BCUT2D eigenvalue weighted by atomic mass is 79.9. The summed E-state index contributed by atoms with van der Waals surface area (Å²) in [7, 11) is -3.94. The lowest BCUT2D eigenvalue weighted by Gasteiger charge is -2.16. The summed E-state index contributed by atoms with van der Waals surface area (Å²) < 4.78 is 52.4. The summed E-state index contributed by atoms with van der Waals surface area (Å²) in [5, 5.41) is 0. The van der Waals surface area contributed by atoms with Crippen molar-refractivity contribution >= 4 is 47.6 Å². The maximum absolute atomic E-state index is 13.3. The fourth-order valence-corrected chi connectivity index (χ4v) is 5.86. The Labute approximate surface area is 155 Å². The van der Waals surface area contributed by atoms with Crippen LogP contribution >= 0.6 is 31.9 Å². The van der Waals surface area contributed by atoms with E-state index < -0.39 is 21.6 Å². The van der Waals surface area contributed by atoms with Gasteiger partial charge in [-0.05, 0) is 56.1 Å². The average molecular weight is 481 g/mol. The molecule has 0 aliphatic carbocycles. The molecule has 1 heterocycles. The number of sulfonamides is 1. The summed E-state index contributed by atoms with van der Waals surface area (Å²) in [6.07, 6.45) is 0. The lowest BCUT2D eigenvalue weighted by atomic mass is 10.3. The van der Waals surface area contributed by atoms with E-state index in [1.165, 1.54) is 6.07 Å². The van der Waals surface area contributed by atoms with Crippen molar-refractivity contribution in [3.63, 3.8) is 0 Å². The quantitative estimate of drug-likeness (QED) is 0.693. The van der Waals surface area contributed by atoms with Crippen molar-refractivity contribution < 1.29 is 22.3 Å². The molecule has 0 unspecified atom stereocenters. The molecule has 2 aromatic carbocycles. The lowest BCUT2D eigenvalue weighted by Crippen LogP contribution is -2.29. The van der Waals surface area contributed by atoms with Gasteiger partial charge in [0.1, 0.15) is 10.7 Å². The zero-order chi connectivity index (χ0) is 17.7. The first kappa shape index (κ1) is 17.5. The second kappa shape index (κ2) is 5.89. The fourth-order valence-electron chi connectivity index (χ4n) is 2.28. The van der Waals surface area contributed by atoms with Crippen LogP contribution in [0.25, 0.3) is 0 Å². The highest BCUT2D eigenvalue weighted by Crippen LogP contribution is 2.41. The maximum Gasteiger partial charge on any atom is 0.264 e. The van der Waals surface area contributed by atoms with Crippen LogP contribution in [0, 0.1) is 5.82 Å². The molecule has 1 aliphatic heterocycles. The van der Waals surface area contributed by atoms with Gasteiger partial charge in [-0.2, -0.15) is 0 Å². The minimum atomic E-state index is -3.94. The molecule has 2 aromatic rings. The zero-order valence-corrected chi connectivity index (χ0v) is 16.6. The molecule has 0 amide bonds. The first-order valence-corrected chi connectivity index (χ1v) is 9.84. The molecule has 0 saturated carbocycles. The van der Waals surface area contributed by atoms with Crippen molar-refractivity contribution in [2.75, 3.05) is 4.72 Å². The van der Waals surface area contributed by atoms with E-state index in [0.29, 0.717) is 17.2 Å². The minimum absolute atomic E-state index is 0.0955. The predicted octanol–water partition coefficient (Wildman–Crippen LogP) is 4.66. The smallest absolute Gasteiger partial charge is 0.264 e. The van der Waals surface area contributed by atoms with E-state index in [2.05, 4.69) is 36.6 Å². The van der Waals surface area contributed by atoms with Gasteiger partial charge in [-0.25, -0.2) is 12.8 Å². The van der Waals surface area contributed by atoms with Crippen LogP contribution in [0.5, 0.6) is 11.5 Å². The van der Waals surface area contributed by atoms with Gasteiger partial charge in [0.25, 0.3) is 10.0 Å². The van der Waals surface area contributed by atoms with Crippen LogP contribution in [0.1, 0.15) is 13.8 Å². The topological polar surface area (TPSA) is 64.6 Å². The van der Waals surface area contributed by atoms with Gasteiger partial charge >= 0.3 is 0 Å². The van der Waals surface area contributed by atoms with Gasteiger partial charge in [-0.15, -0.1) is 0 Å². The standard InChI is InChI=1S/C15H12Br2FNO4S/c1-15(2)22-12-4-3-9(7-13(12)23-15)19-24(20,21)14-10(16)5-8(18)6-11(14)17/h3-7,19H,1-2H3. The number of ether oxygens (including phenoxy) is 2. The van der Waals surface area contributed by atoms with E-state index in [9.17, 15) is 12.8 Å². The van der Waals surface area contributed by atoms with Crippen molar-refractivity contribution in [1.82, 2.24) is 0 Å². The van der Waals surface area contributed by atoms with Crippen LogP contribution in [-0.4, -0.2) is 14.2 Å². The Morgan fingerprint density at radius 3 is 2.25 bits per heavy atom. The summed E-state index contributed by atoms with van der Waals surface area (Å²) in [6, 6.07) is 6.89. The molecule has 5 nitrogen and oxygen atoms in total. The molecule has 1 N–H and O–H groups in total. The number of fused-ring (bicyclic) bond motifs is 1. The highest BCUT2D eigenvalue weighted by Gasteiger charge is 2.32. The number of anilines is 1. The van der Waals surface area contributed by atoms with E-state index >= 15 is 0 Å². The minimum Gasteiger partial charge on any atom is -0.449 e. The second-order valence-electron chi connectivity index (χ2n) is 5.57. The molecular weight excluding hydrogens is 469 g/mol. The SMILES string of the molecule is CC1(C)Oc2ccc(NS(=O)(=O)c3c(Br)cc(F)cc3Br)cc2O1. The van der Waals surface area contributed by atoms with E-state index in [1.807, 2.05) is 0 Å². The van der Waals surface area contributed by atoms with Gasteiger partial charge in [0.15, 0.2) is 11.5 Å². The number of hydrogen-bond acceptors (Lipinski definition) is 4. The molecule has 0 radical (unpaired) electrons. The van der Waals surface area contributed by atoms with Crippen LogP contribution in [0.3, 0.4) is 0 Å². The molecule has 24 heavy (non-hydrogen) atoms. The van der Waals surface area contributed by atoms with Gasteiger partial charge < -0.3 is 9.47 Å².